The molecule has 0 saturated heterocycles. The Morgan fingerprint density at radius 3 is 2.50 bits per heavy atom. The van der Waals surface area contributed by atoms with Crippen molar-refractivity contribution in [3.05, 3.63) is 30.3 Å². The molecular formula is C16H28N2. The molecule has 18 heavy (non-hydrogen) atoms. The van der Waals surface area contributed by atoms with E-state index in [0.29, 0.717) is 6.04 Å². The van der Waals surface area contributed by atoms with Crippen LogP contribution in [-0.4, -0.2) is 26.2 Å². The maximum atomic E-state index is 3.65. The lowest BCUT2D eigenvalue weighted by molar-refractivity contribution is 0.459. The van der Waals surface area contributed by atoms with Crippen molar-refractivity contribution in [3.8, 4) is 0 Å². The summed E-state index contributed by atoms with van der Waals surface area (Å²) >= 11 is 0. The molecule has 0 heterocycles. The molecule has 2 nitrogen and oxygen atoms in total. The standard InChI is InChI=1S/C16H28N2/c1-4-10-15(5-2)17-13-9-14-18(3)16-11-7-6-8-12-16/h6-8,11-12,15,17H,4-5,9-10,13-14H2,1-3H3. The fraction of sp³-hybridized carbons (Fsp3) is 0.625. The zero-order valence-electron chi connectivity index (χ0n) is 12.2. The summed E-state index contributed by atoms with van der Waals surface area (Å²) in [6.07, 6.45) is 5.01. The molecule has 0 bridgehead atoms. The van der Waals surface area contributed by atoms with E-state index in [1.54, 1.807) is 0 Å². The molecule has 1 aromatic carbocycles. The van der Waals surface area contributed by atoms with Gasteiger partial charge in [-0.1, -0.05) is 38.5 Å². The van der Waals surface area contributed by atoms with Crippen molar-refractivity contribution in [1.82, 2.24) is 5.32 Å². The molecule has 0 fully saturated rings. The topological polar surface area (TPSA) is 15.3 Å². The minimum absolute atomic E-state index is 0.706. The molecular weight excluding hydrogens is 220 g/mol. The van der Waals surface area contributed by atoms with Gasteiger partial charge in [0, 0.05) is 25.3 Å². The SMILES string of the molecule is CCCC(CC)NCCCN(C)c1ccccc1. The molecule has 0 aliphatic carbocycles. The molecule has 2 heteroatoms. The Hall–Kier alpha value is -1.02. The van der Waals surface area contributed by atoms with Crippen molar-refractivity contribution >= 4 is 5.69 Å². The zero-order valence-corrected chi connectivity index (χ0v) is 12.2. The number of nitrogens with one attached hydrogen (secondary N) is 1. The van der Waals surface area contributed by atoms with Crippen molar-refractivity contribution in [2.45, 2.75) is 45.6 Å². The van der Waals surface area contributed by atoms with Crippen LogP contribution in [0.1, 0.15) is 39.5 Å². The van der Waals surface area contributed by atoms with Crippen LogP contribution >= 0.6 is 0 Å². The van der Waals surface area contributed by atoms with E-state index in [0.717, 1.165) is 13.1 Å². The van der Waals surface area contributed by atoms with Gasteiger partial charge in [0.2, 0.25) is 0 Å². The summed E-state index contributed by atoms with van der Waals surface area (Å²) in [5.41, 5.74) is 1.30. The average molecular weight is 248 g/mol. The minimum atomic E-state index is 0.706. The molecule has 1 unspecified atom stereocenters. The number of anilines is 1. The second-order valence-corrected chi connectivity index (χ2v) is 4.96. The molecule has 102 valence electrons. The maximum Gasteiger partial charge on any atom is 0.0363 e. The first-order valence-electron chi connectivity index (χ1n) is 7.27. The number of hydrogen-bond donors (Lipinski definition) is 1. The molecule has 1 rings (SSSR count). The summed E-state index contributed by atoms with van der Waals surface area (Å²) in [6, 6.07) is 11.3. The van der Waals surface area contributed by atoms with Gasteiger partial charge in [-0.2, -0.15) is 0 Å². The Labute approximate surface area is 112 Å². The molecule has 0 aliphatic rings. The van der Waals surface area contributed by atoms with E-state index in [9.17, 15) is 0 Å². The number of benzene rings is 1. The van der Waals surface area contributed by atoms with Crippen LogP contribution in [0.5, 0.6) is 0 Å². The summed E-state index contributed by atoms with van der Waals surface area (Å²) in [4.78, 5) is 2.32. The lowest BCUT2D eigenvalue weighted by Crippen LogP contribution is -2.31. The van der Waals surface area contributed by atoms with E-state index < -0.39 is 0 Å². The van der Waals surface area contributed by atoms with Gasteiger partial charge in [0.25, 0.3) is 0 Å². The highest BCUT2D eigenvalue weighted by Crippen LogP contribution is 2.10. The number of para-hydroxylation sites is 1. The second-order valence-electron chi connectivity index (χ2n) is 4.96. The highest BCUT2D eigenvalue weighted by Gasteiger charge is 2.04. The van der Waals surface area contributed by atoms with E-state index >= 15 is 0 Å². The van der Waals surface area contributed by atoms with Gasteiger partial charge in [0.05, 0.1) is 0 Å². The van der Waals surface area contributed by atoms with Crippen LogP contribution < -0.4 is 10.2 Å². The van der Waals surface area contributed by atoms with Gasteiger partial charge in [-0.15, -0.1) is 0 Å². The van der Waals surface area contributed by atoms with Crippen LogP contribution in [0.4, 0.5) is 5.69 Å². The largest absolute Gasteiger partial charge is 0.375 e. The van der Waals surface area contributed by atoms with E-state index in [4.69, 9.17) is 0 Å². The van der Waals surface area contributed by atoms with E-state index in [1.165, 1.54) is 31.4 Å². The third-order valence-corrected chi connectivity index (χ3v) is 3.43. The van der Waals surface area contributed by atoms with Crippen LogP contribution in [0.25, 0.3) is 0 Å². The molecule has 0 aromatic heterocycles. The Morgan fingerprint density at radius 2 is 1.89 bits per heavy atom. The predicted molar refractivity (Wildman–Crippen MR) is 81.3 cm³/mol. The molecule has 1 N–H and O–H groups in total. The van der Waals surface area contributed by atoms with Crippen LogP contribution in [0.3, 0.4) is 0 Å². The lowest BCUT2D eigenvalue weighted by Gasteiger charge is -2.21. The summed E-state index contributed by atoms with van der Waals surface area (Å²) in [6.45, 7) is 6.76. The highest BCUT2D eigenvalue weighted by molar-refractivity contribution is 5.44. The van der Waals surface area contributed by atoms with Crippen molar-refractivity contribution in [1.29, 1.82) is 0 Å². The molecule has 0 spiro atoms. The normalized spacial score (nSPS) is 12.4. The van der Waals surface area contributed by atoms with Gasteiger partial charge in [-0.05, 0) is 37.9 Å². The van der Waals surface area contributed by atoms with Gasteiger partial charge < -0.3 is 10.2 Å². The Morgan fingerprint density at radius 1 is 1.17 bits per heavy atom. The summed E-state index contributed by atoms with van der Waals surface area (Å²) < 4.78 is 0. The number of hydrogen-bond acceptors (Lipinski definition) is 2. The van der Waals surface area contributed by atoms with Crippen molar-refractivity contribution in [3.63, 3.8) is 0 Å². The molecule has 0 amide bonds. The molecule has 0 saturated carbocycles. The van der Waals surface area contributed by atoms with Crippen LogP contribution in [0.2, 0.25) is 0 Å². The lowest BCUT2D eigenvalue weighted by atomic mass is 10.1. The molecule has 0 radical (unpaired) electrons. The third-order valence-electron chi connectivity index (χ3n) is 3.43. The quantitative estimate of drug-likeness (QED) is 0.671. The van der Waals surface area contributed by atoms with E-state index in [1.807, 2.05) is 0 Å². The highest BCUT2D eigenvalue weighted by atomic mass is 15.1. The van der Waals surface area contributed by atoms with Crippen molar-refractivity contribution in [2.75, 3.05) is 25.0 Å². The fourth-order valence-electron chi connectivity index (χ4n) is 2.23. The third kappa shape index (κ3) is 5.54. The second kappa shape index (κ2) is 8.98. The first-order chi connectivity index (χ1) is 8.77. The summed E-state index contributed by atoms with van der Waals surface area (Å²) in [7, 11) is 2.17. The van der Waals surface area contributed by atoms with Gasteiger partial charge in [0.1, 0.15) is 0 Å². The van der Waals surface area contributed by atoms with Gasteiger partial charge >= 0.3 is 0 Å². The Balaban J connectivity index is 2.18. The van der Waals surface area contributed by atoms with E-state index in [2.05, 4.69) is 61.4 Å². The Bertz CT molecular complexity index is 297. The van der Waals surface area contributed by atoms with Gasteiger partial charge in [-0.25, -0.2) is 0 Å². The van der Waals surface area contributed by atoms with Crippen LogP contribution in [-0.2, 0) is 0 Å². The maximum absolute atomic E-state index is 3.65. The zero-order chi connectivity index (χ0) is 13.2. The minimum Gasteiger partial charge on any atom is -0.375 e. The van der Waals surface area contributed by atoms with Crippen molar-refractivity contribution < 1.29 is 0 Å². The van der Waals surface area contributed by atoms with Crippen LogP contribution in [0, 0.1) is 0 Å². The smallest absolute Gasteiger partial charge is 0.0363 e. The number of nitrogens with zero attached hydrogens (tertiary/aromatic N) is 1. The molecule has 1 aromatic rings. The Kier molecular flexibility index (Phi) is 7.51. The number of rotatable bonds is 9. The fourth-order valence-corrected chi connectivity index (χ4v) is 2.23. The monoisotopic (exact) mass is 248 g/mol. The molecule has 1 atom stereocenters. The summed E-state index contributed by atoms with van der Waals surface area (Å²) in [5, 5.41) is 3.65. The van der Waals surface area contributed by atoms with Gasteiger partial charge in [0.15, 0.2) is 0 Å². The van der Waals surface area contributed by atoms with Gasteiger partial charge in [-0.3, -0.25) is 0 Å². The van der Waals surface area contributed by atoms with Crippen LogP contribution in [0.15, 0.2) is 30.3 Å². The predicted octanol–water partition coefficient (Wildman–Crippen LogP) is 3.68. The first kappa shape index (κ1) is 15.0. The average Bonchev–Trinajstić information content (AvgIpc) is 2.43. The van der Waals surface area contributed by atoms with E-state index in [-0.39, 0.29) is 0 Å². The molecule has 0 aliphatic heterocycles. The summed E-state index contributed by atoms with van der Waals surface area (Å²) in [5.74, 6) is 0. The van der Waals surface area contributed by atoms with Crippen molar-refractivity contribution in [2.24, 2.45) is 0 Å². The first-order valence-corrected chi connectivity index (χ1v) is 7.27.